The Kier molecular flexibility index (Phi) is 4.46. The lowest BCUT2D eigenvalue weighted by atomic mass is 9.96. The normalized spacial score (nSPS) is 18.5. The molecule has 1 heterocycles. The van der Waals surface area contributed by atoms with Crippen molar-refractivity contribution in [1.29, 1.82) is 0 Å². The maximum atomic E-state index is 3.59. The molecule has 0 fully saturated rings. The zero-order chi connectivity index (χ0) is 12.3. The molecule has 0 spiro atoms. The maximum Gasteiger partial charge on any atom is 0.0403 e. The second-order valence-electron chi connectivity index (χ2n) is 4.68. The van der Waals surface area contributed by atoms with Crippen molar-refractivity contribution in [2.45, 2.75) is 25.7 Å². The summed E-state index contributed by atoms with van der Waals surface area (Å²) in [5.41, 5.74) is 2.96. The summed E-state index contributed by atoms with van der Waals surface area (Å²) in [5, 5.41) is 3.23. The number of fused-ring (bicyclic) bond motifs is 1. The summed E-state index contributed by atoms with van der Waals surface area (Å²) >= 11 is 3.59. The Morgan fingerprint density at radius 3 is 3.00 bits per heavy atom. The molecule has 0 radical (unpaired) electrons. The third-order valence-electron chi connectivity index (χ3n) is 3.57. The van der Waals surface area contributed by atoms with Crippen molar-refractivity contribution in [3.05, 3.63) is 28.2 Å². The van der Waals surface area contributed by atoms with Crippen LogP contribution in [0.5, 0.6) is 0 Å². The molecule has 0 bridgehead atoms. The van der Waals surface area contributed by atoms with E-state index in [9.17, 15) is 0 Å². The topological polar surface area (TPSA) is 15.3 Å². The molecule has 0 saturated carbocycles. The van der Waals surface area contributed by atoms with Crippen LogP contribution in [-0.4, -0.2) is 26.7 Å². The van der Waals surface area contributed by atoms with E-state index in [1.165, 1.54) is 35.1 Å². The van der Waals surface area contributed by atoms with Crippen molar-refractivity contribution in [1.82, 2.24) is 5.32 Å². The van der Waals surface area contributed by atoms with Gasteiger partial charge in [-0.25, -0.2) is 0 Å². The Morgan fingerprint density at radius 2 is 2.29 bits per heavy atom. The molecular formula is C14H21BrN2. The molecule has 2 rings (SSSR count). The zero-order valence-corrected chi connectivity index (χ0v) is 12.3. The third kappa shape index (κ3) is 2.83. The van der Waals surface area contributed by atoms with E-state index >= 15 is 0 Å². The summed E-state index contributed by atoms with van der Waals surface area (Å²) in [6.45, 7) is 5.65. The number of nitrogens with one attached hydrogen (secondary N) is 1. The van der Waals surface area contributed by atoms with Gasteiger partial charge in [0.05, 0.1) is 0 Å². The van der Waals surface area contributed by atoms with E-state index in [2.05, 4.69) is 51.3 Å². The van der Waals surface area contributed by atoms with Crippen molar-refractivity contribution in [2.75, 3.05) is 31.6 Å². The molecule has 1 aliphatic rings. The Hall–Kier alpha value is -0.540. The molecule has 0 aromatic heterocycles. The van der Waals surface area contributed by atoms with E-state index in [1.54, 1.807) is 0 Å². The molecule has 0 saturated heterocycles. The molecular weight excluding hydrogens is 276 g/mol. The van der Waals surface area contributed by atoms with Gasteiger partial charge >= 0.3 is 0 Å². The van der Waals surface area contributed by atoms with Crippen molar-refractivity contribution in [2.24, 2.45) is 0 Å². The first-order chi connectivity index (χ1) is 8.26. The minimum absolute atomic E-state index is 0.704. The third-order valence-corrected chi connectivity index (χ3v) is 4.07. The van der Waals surface area contributed by atoms with Crippen LogP contribution in [0.15, 0.2) is 22.7 Å². The van der Waals surface area contributed by atoms with Crippen LogP contribution in [0.25, 0.3) is 0 Å². The first-order valence-electron chi connectivity index (χ1n) is 6.45. The molecule has 1 unspecified atom stereocenters. The maximum absolute atomic E-state index is 3.59. The van der Waals surface area contributed by atoms with E-state index in [-0.39, 0.29) is 0 Å². The largest absolute Gasteiger partial charge is 0.371 e. The number of halogens is 1. The Bertz CT molecular complexity index is 378. The molecule has 3 heteroatoms. The predicted octanol–water partition coefficient (Wildman–Crippen LogP) is 3.37. The lowest BCUT2D eigenvalue weighted by Crippen LogP contribution is -2.21. The van der Waals surface area contributed by atoms with Gasteiger partial charge in [-0.3, -0.25) is 0 Å². The van der Waals surface area contributed by atoms with Crippen LogP contribution in [0.3, 0.4) is 0 Å². The van der Waals surface area contributed by atoms with E-state index in [1.807, 2.05) is 7.05 Å². The molecule has 94 valence electrons. The van der Waals surface area contributed by atoms with Crippen LogP contribution >= 0.6 is 15.9 Å². The second-order valence-corrected chi connectivity index (χ2v) is 5.60. The quantitative estimate of drug-likeness (QED) is 0.838. The van der Waals surface area contributed by atoms with Gasteiger partial charge in [-0.1, -0.05) is 15.9 Å². The fourth-order valence-electron chi connectivity index (χ4n) is 2.67. The van der Waals surface area contributed by atoms with Gasteiger partial charge in [0.1, 0.15) is 0 Å². The molecule has 1 atom stereocenters. The number of rotatable bonds is 5. The molecule has 2 nitrogen and oxygen atoms in total. The highest BCUT2D eigenvalue weighted by Crippen LogP contribution is 2.39. The van der Waals surface area contributed by atoms with Gasteiger partial charge in [-0.15, -0.1) is 0 Å². The highest BCUT2D eigenvalue weighted by molar-refractivity contribution is 9.10. The van der Waals surface area contributed by atoms with E-state index in [0.717, 1.165) is 13.1 Å². The van der Waals surface area contributed by atoms with Crippen LogP contribution in [0, 0.1) is 0 Å². The molecule has 1 aromatic carbocycles. The first-order valence-corrected chi connectivity index (χ1v) is 7.24. The minimum Gasteiger partial charge on any atom is -0.371 e. The first kappa shape index (κ1) is 12.9. The van der Waals surface area contributed by atoms with Crippen LogP contribution in [-0.2, 0) is 0 Å². The van der Waals surface area contributed by atoms with Crippen LogP contribution in [0.1, 0.15) is 31.2 Å². The summed E-state index contributed by atoms with van der Waals surface area (Å²) in [5.74, 6) is 0.704. The molecule has 1 N–H and O–H groups in total. The fraction of sp³-hybridized carbons (Fsp3) is 0.571. The SMILES string of the molecule is CCN1CC(CCCNC)c2cc(Br)ccc21. The standard InChI is InChI=1S/C14H21BrN2/c1-3-17-10-11(5-4-8-16-2)13-9-12(15)6-7-14(13)17/h6-7,9,11,16H,3-5,8,10H2,1-2H3. The van der Waals surface area contributed by atoms with E-state index in [0.29, 0.717) is 5.92 Å². The van der Waals surface area contributed by atoms with Crippen molar-refractivity contribution in [3.63, 3.8) is 0 Å². The van der Waals surface area contributed by atoms with E-state index < -0.39 is 0 Å². The van der Waals surface area contributed by atoms with Gasteiger partial charge in [0.25, 0.3) is 0 Å². The van der Waals surface area contributed by atoms with Gasteiger partial charge in [-0.05, 0) is 57.1 Å². The lowest BCUT2D eigenvalue weighted by molar-refractivity contribution is 0.588. The number of likely N-dealkylation sites (N-methyl/N-ethyl adjacent to an activating group) is 1. The average Bonchev–Trinajstić information content (AvgIpc) is 2.67. The molecule has 0 amide bonds. The van der Waals surface area contributed by atoms with Gasteiger partial charge in [0, 0.05) is 29.2 Å². The molecule has 17 heavy (non-hydrogen) atoms. The van der Waals surface area contributed by atoms with Crippen LogP contribution in [0.4, 0.5) is 5.69 Å². The fourth-order valence-corrected chi connectivity index (χ4v) is 3.05. The van der Waals surface area contributed by atoms with Crippen molar-refractivity contribution >= 4 is 21.6 Å². The Morgan fingerprint density at radius 1 is 1.47 bits per heavy atom. The molecule has 1 aliphatic heterocycles. The smallest absolute Gasteiger partial charge is 0.0403 e. The summed E-state index contributed by atoms with van der Waals surface area (Å²) in [6, 6.07) is 6.70. The second kappa shape index (κ2) is 5.87. The zero-order valence-electron chi connectivity index (χ0n) is 10.7. The Labute approximate surface area is 113 Å². The van der Waals surface area contributed by atoms with Crippen molar-refractivity contribution < 1.29 is 0 Å². The molecule has 1 aromatic rings. The summed E-state index contributed by atoms with van der Waals surface area (Å²) in [4.78, 5) is 2.49. The van der Waals surface area contributed by atoms with Gasteiger partial charge in [0.15, 0.2) is 0 Å². The number of nitrogens with zero attached hydrogens (tertiary/aromatic N) is 1. The monoisotopic (exact) mass is 296 g/mol. The average molecular weight is 297 g/mol. The van der Waals surface area contributed by atoms with Gasteiger partial charge < -0.3 is 10.2 Å². The number of anilines is 1. The predicted molar refractivity (Wildman–Crippen MR) is 77.9 cm³/mol. The minimum atomic E-state index is 0.704. The number of hydrogen-bond donors (Lipinski definition) is 1. The van der Waals surface area contributed by atoms with Crippen LogP contribution in [0.2, 0.25) is 0 Å². The number of hydrogen-bond acceptors (Lipinski definition) is 2. The lowest BCUT2D eigenvalue weighted by Gasteiger charge is -2.17. The summed E-state index contributed by atoms with van der Waals surface area (Å²) in [7, 11) is 2.03. The highest BCUT2D eigenvalue weighted by atomic mass is 79.9. The van der Waals surface area contributed by atoms with Gasteiger partial charge in [-0.2, -0.15) is 0 Å². The highest BCUT2D eigenvalue weighted by Gasteiger charge is 2.27. The van der Waals surface area contributed by atoms with Gasteiger partial charge in [0.2, 0.25) is 0 Å². The van der Waals surface area contributed by atoms with Crippen molar-refractivity contribution in [3.8, 4) is 0 Å². The summed E-state index contributed by atoms with van der Waals surface area (Å²) in [6.07, 6.45) is 2.53. The molecule has 0 aliphatic carbocycles. The summed E-state index contributed by atoms with van der Waals surface area (Å²) < 4.78 is 1.20. The number of benzene rings is 1. The Balaban J connectivity index is 2.14. The van der Waals surface area contributed by atoms with E-state index in [4.69, 9.17) is 0 Å². The van der Waals surface area contributed by atoms with Crippen LogP contribution < -0.4 is 10.2 Å².